The largest absolute Gasteiger partial charge is 0.493 e. The zero-order valence-corrected chi connectivity index (χ0v) is 20.3. The molecular weight excluding hydrogens is 472 g/mol. The summed E-state index contributed by atoms with van der Waals surface area (Å²) in [5.74, 6) is -1.98. The summed E-state index contributed by atoms with van der Waals surface area (Å²) in [4.78, 5) is 38.4. The summed E-state index contributed by atoms with van der Waals surface area (Å²) in [6.45, 7) is 1.90. The van der Waals surface area contributed by atoms with Crippen molar-refractivity contribution in [2.24, 2.45) is 0 Å². The molecule has 11 nitrogen and oxygen atoms in total. The molecule has 1 fully saturated rings. The van der Waals surface area contributed by atoms with Crippen LogP contribution in [0.3, 0.4) is 0 Å². The highest BCUT2D eigenvalue weighted by Gasteiger charge is 2.72. The number of esters is 1. The fourth-order valence-corrected chi connectivity index (χ4v) is 6.42. The molecule has 194 valence electrons. The molecule has 1 aromatic rings. The van der Waals surface area contributed by atoms with Crippen molar-refractivity contribution in [2.75, 3.05) is 20.7 Å². The van der Waals surface area contributed by atoms with Crippen LogP contribution >= 0.6 is 0 Å². The zero-order valence-electron chi connectivity index (χ0n) is 20.3. The minimum Gasteiger partial charge on any atom is -0.493 e. The number of rotatable bonds is 7. The van der Waals surface area contributed by atoms with E-state index in [0.717, 1.165) is 11.1 Å². The van der Waals surface area contributed by atoms with Crippen LogP contribution in [0.15, 0.2) is 24.0 Å². The van der Waals surface area contributed by atoms with Crippen molar-refractivity contribution in [3.8, 4) is 11.5 Å². The number of nitrogens with one attached hydrogen (secondary N) is 1. The molecule has 4 N–H and O–H groups in total. The number of aliphatic hydroxyl groups is 2. The first kappa shape index (κ1) is 24.5. The first-order valence-electron chi connectivity index (χ1n) is 11.9. The van der Waals surface area contributed by atoms with E-state index in [-0.39, 0.29) is 18.2 Å². The summed E-state index contributed by atoms with van der Waals surface area (Å²) in [5.41, 5.74) is -0.0968. The lowest BCUT2D eigenvalue weighted by Gasteiger charge is -2.61. The van der Waals surface area contributed by atoms with E-state index in [0.29, 0.717) is 30.9 Å². The van der Waals surface area contributed by atoms with E-state index in [1.807, 2.05) is 19.2 Å². The Hall–Kier alpha value is -3.15. The summed E-state index contributed by atoms with van der Waals surface area (Å²) in [7, 11) is 3.53. The van der Waals surface area contributed by atoms with Crippen molar-refractivity contribution in [1.82, 2.24) is 10.2 Å². The number of hydrogen-bond donors (Lipinski definition) is 4. The summed E-state index contributed by atoms with van der Waals surface area (Å²) in [6, 6.07) is 2.09. The molecular formula is C25H30N2O9. The average Bonchev–Trinajstić information content (AvgIpc) is 3.18. The number of hydrogen-bond acceptors (Lipinski definition) is 9. The van der Waals surface area contributed by atoms with Crippen LogP contribution in [0.1, 0.15) is 37.3 Å². The molecule has 1 aromatic carbocycles. The molecule has 0 saturated carbocycles. The number of likely N-dealkylation sites (tertiary alicyclic amines) is 1. The average molecular weight is 503 g/mol. The molecule has 1 amide bonds. The third-order valence-corrected chi connectivity index (χ3v) is 8.15. The third-order valence-electron chi connectivity index (χ3n) is 8.15. The van der Waals surface area contributed by atoms with E-state index in [1.54, 1.807) is 6.08 Å². The van der Waals surface area contributed by atoms with Gasteiger partial charge in [-0.3, -0.25) is 9.59 Å². The second-order valence-electron chi connectivity index (χ2n) is 10.0. The maximum absolute atomic E-state index is 12.8. The van der Waals surface area contributed by atoms with Crippen LogP contribution in [0, 0.1) is 0 Å². The van der Waals surface area contributed by atoms with E-state index in [1.165, 1.54) is 14.0 Å². The highest BCUT2D eigenvalue weighted by Crippen LogP contribution is 2.65. The molecule has 6 atom stereocenters. The monoisotopic (exact) mass is 502 g/mol. The van der Waals surface area contributed by atoms with Crippen molar-refractivity contribution in [3.05, 3.63) is 35.1 Å². The Bertz CT molecular complexity index is 1160. The van der Waals surface area contributed by atoms with E-state index in [9.17, 15) is 29.7 Å². The highest BCUT2D eigenvalue weighted by atomic mass is 16.6. The number of carbonyl (C=O) groups excluding carboxylic acids is 2. The number of aliphatic carboxylic acids is 1. The third kappa shape index (κ3) is 3.33. The van der Waals surface area contributed by atoms with Gasteiger partial charge in [0.1, 0.15) is 17.9 Å². The van der Waals surface area contributed by atoms with Crippen molar-refractivity contribution < 1.29 is 43.9 Å². The molecule has 2 bridgehead atoms. The quantitative estimate of drug-likeness (QED) is 0.370. The van der Waals surface area contributed by atoms with Gasteiger partial charge in [-0.2, -0.15) is 0 Å². The van der Waals surface area contributed by atoms with Gasteiger partial charge in [0.25, 0.3) is 0 Å². The number of piperidine rings is 1. The standard InChI is InChI=1S/C25H30N2O9/c1-12(28)22(30)26-14(23(31)32)11-18(29)35-16-6-7-25(33)17-10-13-4-5-15(34-3)20-19(13)24(25,21(16)36-20)8-9-27(17)2/h4-6,12,14,17,21,28,33H,7-11H2,1-3H3,(H,26,30)(H,31,32)/t12-,14-,17+,21?,24?,25+/m0/s1. The minimum atomic E-state index is -1.57. The summed E-state index contributed by atoms with van der Waals surface area (Å²) < 4.78 is 17.6. The number of ether oxygens (including phenoxy) is 3. The molecule has 2 aliphatic carbocycles. The Kier molecular flexibility index (Phi) is 5.77. The van der Waals surface area contributed by atoms with E-state index < -0.39 is 53.5 Å². The predicted molar refractivity (Wildman–Crippen MR) is 123 cm³/mol. The number of carboxylic acids is 1. The van der Waals surface area contributed by atoms with Gasteiger partial charge in [0.2, 0.25) is 5.91 Å². The van der Waals surface area contributed by atoms with Crippen LogP contribution in [-0.4, -0.2) is 88.7 Å². The lowest BCUT2D eigenvalue weighted by atomic mass is 9.50. The van der Waals surface area contributed by atoms with Crippen molar-refractivity contribution >= 4 is 17.8 Å². The predicted octanol–water partition coefficient (Wildman–Crippen LogP) is -0.144. The van der Waals surface area contributed by atoms with Gasteiger partial charge in [-0.05, 0) is 51.1 Å². The second kappa shape index (κ2) is 8.46. The molecule has 0 radical (unpaired) electrons. The van der Waals surface area contributed by atoms with Gasteiger partial charge >= 0.3 is 11.9 Å². The van der Waals surface area contributed by atoms with Gasteiger partial charge in [-0.25, -0.2) is 4.79 Å². The summed E-state index contributed by atoms with van der Waals surface area (Å²) in [5, 5.41) is 33.1. The van der Waals surface area contributed by atoms with Gasteiger partial charge in [0, 0.05) is 18.0 Å². The molecule has 4 aliphatic rings. The number of likely N-dealkylation sites (N-methyl/N-ethyl adjacent to an activating group) is 1. The molecule has 36 heavy (non-hydrogen) atoms. The Morgan fingerprint density at radius 2 is 2.08 bits per heavy atom. The lowest BCUT2D eigenvalue weighted by Crippen LogP contribution is -2.74. The minimum absolute atomic E-state index is 0.162. The Labute approximate surface area is 207 Å². The normalized spacial score (nSPS) is 31.3. The molecule has 1 saturated heterocycles. The van der Waals surface area contributed by atoms with Crippen LogP contribution in [0.25, 0.3) is 0 Å². The number of aliphatic hydroxyl groups excluding tert-OH is 1. The van der Waals surface area contributed by atoms with Gasteiger partial charge in [-0.15, -0.1) is 0 Å². The number of methoxy groups -OCH3 is 1. The topological polar surface area (TPSA) is 155 Å². The van der Waals surface area contributed by atoms with Gasteiger partial charge in [-0.1, -0.05) is 6.07 Å². The maximum Gasteiger partial charge on any atom is 0.326 e. The molecule has 5 rings (SSSR count). The van der Waals surface area contributed by atoms with E-state index >= 15 is 0 Å². The van der Waals surface area contributed by atoms with Crippen LogP contribution in [0.4, 0.5) is 0 Å². The first-order chi connectivity index (χ1) is 17.0. The van der Waals surface area contributed by atoms with Crippen molar-refractivity contribution in [2.45, 2.75) is 67.9 Å². The number of carboxylic acid groups (broad SMARTS) is 1. The Morgan fingerprint density at radius 1 is 1.33 bits per heavy atom. The van der Waals surface area contributed by atoms with Crippen molar-refractivity contribution in [1.29, 1.82) is 0 Å². The number of amides is 1. The van der Waals surface area contributed by atoms with E-state index in [2.05, 4.69) is 10.2 Å². The van der Waals surface area contributed by atoms with Gasteiger partial charge in [0.15, 0.2) is 17.6 Å². The molecule has 2 aliphatic heterocycles. The Morgan fingerprint density at radius 3 is 2.75 bits per heavy atom. The molecule has 11 heteroatoms. The van der Waals surface area contributed by atoms with Crippen molar-refractivity contribution in [3.63, 3.8) is 0 Å². The highest BCUT2D eigenvalue weighted by molar-refractivity contribution is 5.88. The molecule has 1 spiro atoms. The van der Waals surface area contributed by atoms with Crippen LogP contribution < -0.4 is 14.8 Å². The van der Waals surface area contributed by atoms with Crippen LogP contribution in [-0.2, 0) is 31.0 Å². The molecule has 0 aromatic heterocycles. The van der Waals surface area contributed by atoms with E-state index in [4.69, 9.17) is 14.2 Å². The van der Waals surface area contributed by atoms with Gasteiger partial charge < -0.3 is 39.7 Å². The summed E-state index contributed by atoms with van der Waals surface area (Å²) in [6.07, 6.45) is 0.176. The lowest BCUT2D eigenvalue weighted by molar-refractivity contribution is -0.169. The SMILES string of the molecule is COc1ccc2c3c1OC1C(OC(=O)C[C@H](NC(=O)[C@H](C)O)C(=O)O)=CC[C@@]4(O)[C@@H](C2)N(C)CCC314. The maximum atomic E-state index is 12.8. The second-order valence-corrected chi connectivity index (χ2v) is 10.0. The van der Waals surface area contributed by atoms with Crippen LogP contribution in [0.5, 0.6) is 11.5 Å². The first-order valence-corrected chi connectivity index (χ1v) is 11.9. The fraction of sp³-hybridized carbons (Fsp3) is 0.560. The zero-order chi connectivity index (χ0) is 26.0. The number of carbonyl (C=O) groups is 3. The smallest absolute Gasteiger partial charge is 0.326 e. The molecule has 2 unspecified atom stereocenters. The molecule has 2 heterocycles. The van der Waals surface area contributed by atoms with Crippen LogP contribution in [0.2, 0.25) is 0 Å². The number of benzene rings is 1. The van der Waals surface area contributed by atoms with Gasteiger partial charge in [0.05, 0.1) is 24.5 Å². The fourth-order valence-electron chi connectivity index (χ4n) is 6.42. The summed E-state index contributed by atoms with van der Waals surface area (Å²) >= 11 is 0. The Balaban J connectivity index is 1.48. The number of nitrogens with zero attached hydrogens (tertiary/aromatic N) is 1.